The normalized spacial score (nSPS) is 27.8. The van der Waals surface area contributed by atoms with Gasteiger partial charge in [0.1, 0.15) is 0 Å². The monoisotopic (exact) mass is 302 g/mol. The summed E-state index contributed by atoms with van der Waals surface area (Å²) in [6.45, 7) is 4.91. The number of thiophene rings is 1. The fraction of sp³-hybridized carbons (Fsp3) is 0.692. The Morgan fingerprint density at radius 1 is 1.37 bits per heavy atom. The molecule has 1 saturated carbocycles. The topological polar surface area (TPSA) is 58.2 Å². The maximum Gasteiger partial charge on any atom is 0.241 e. The van der Waals surface area contributed by atoms with Gasteiger partial charge in [-0.15, -0.1) is 11.3 Å². The van der Waals surface area contributed by atoms with Crippen LogP contribution in [0.2, 0.25) is 0 Å². The molecule has 0 aromatic carbocycles. The molecule has 1 aliphatic rings. The van der Waals surface area contributed by atoms with Crippen molar-refractivity contribution in [2.24, 2.45) is 11.8 Å². The second-order valence-electron chi connectivity index (χ2n) is 5.38. The van der Waals surface area contributed by atoms with Gasteiger partial charge in [-0.25, -0.2) is 13.1 Å². The van der Waals surface area contributed by atoms with Gasteiger partial charge in [0.15, 0.2) is 0 Å². The van der Waals surface area contributed by atoms with E-state index in [2.05, 4.69) is 23.9 Å². The number of hydrogen-bond acceptors (Lipinski definition) is 4. The van der Waals surface area contributed by atoms with Gasteiger partial charge < -0.3 is 5.32 Å². The van der Waals surface area contributed by atoms with Gasteiger partial charge in [0.05, 0.1) is 4.90 Å². The highest BCUT2D eigenvalue weighted by molar-refractivity contribution is 7.89. The van der Waals surface area contributed by atoms with E-state index < -0.39 is 10.0 Å². The number of rotatable bonds is 5. The maximum absolute atomic E-state index is 12.5. The Morgan fingerprint density at radius 3 is 2.68 bits per heavy atom. The van der Waals surface area contributed by atoms with Crippen molar-refractivity contribution in [1.29, 1.82) is 0 Å². The van der Waals surface area contributed by atoms with Gasteiger partial charge >= 0.3 is 0 Å². The van der Waals surface area contributed by atoms with Crippen molar-refractivity contribution in [3.8, 4) is 0 Å². The molecule has 2 N–H and O–H groups in total. The summed E-state index contributed by atoms with van der Waals surface area (Å²) in [5.41, 5.74) is 0. The standard InChI is InChI=1S/C13H22N2O2S2/c1-9-4-5-11(10(9)2)15-19(16,17)13-6-7-18-12(13)8-14-3/h6-7,9-11,14-15H,4-5,8H2,1-3H3. The van der Waals surface area contributed by atoms with Crippen molar-refractivity contribution in [3.05, 3.63) is 16.3 Å². The lowest BCUT2D eigenvalue weighted by Gasteiger charge is -2.19. The molecular weight excluding hydrogens is 280 g/mol. The molecule has 3 atom stereocenters. The van der Waals surface area contributed by atoms with E-state index in [4.69, 9.17) is 0 Å². The van der Waals surface area contributed by atoms with Gasteiger partial charge in [-0.3, -0.25) is 0 Å². The molecule has 1 aliphatic carbocycles. The summed E-state index contributed by atoms with van der Waals surface area (Å²) in [6, 6.07) is 1.77. The van der Waals surface area contributed by atoms with Crippen LogP contribution in [-0.4, -0.2) is 21.5 Å². The Kier molecular flexibility index (Phi) is 4.66. The molecule has 1 fully saturated rings. The van der Waals surface area contributed by atoms with E-state index in [0.717, 1.165) is 17.7 Å². The van der Waals surface area contributed by atoms with E-state index in [1.165, 1.54) is 11.3 Å². The zero-order valence-corrected chi connectivity index (χ0v) is 13.3. The first kappa shape index (κ1) is 15.0. The molecule has 19 heavy (non-hydrogen) atoms. The molecule has 1 heterocycles. The van der Waals surface area contributed by atoms with Gasteiger partial charge in [-0.05, 0) is 43.2 Å². The second-order valence-corrected chi connectivity index (χ2v) is 8.06. The van der Waals surface area contributed by atoms with Gasteiger partial charge in [-0.2, -0.15) is 0 Å². The highest BCUT2D eigenvalue weighted by Gasteiger charge is 2.33. The molecule has 3 unspecified atom stereocenters. The van der Waals surface area contributed by atoms with Crippen LogP contribution in [-0.2, 0) is 16.6 Å². The molecule has 0 radical (unpaired) electrons. The maximum atomic E-state index is 12.5. The van der Waals surface area contributed by atoms with Crippen molar-refractivity contribution in [2.75, 3.05) is 7.05 Å². The Bertz CT molecular complexity index is 525. The summed E-state index contributed by atoms with van der Waals surface area (Å²) < 4.78 is 27.8. The molecule has 6 heteroatoms. The smallest absolute Gasteiger partial charge is 0.241 e. The molecular formula is C13H22N2O2S2. The molecule has 1 aromatic rings. The Labute approximate surface area is 119 Å². The molecule has 1 aromatic heterocycles. The average molecular weight is 302 g/mol. The van der Waals surface area contributed by atoms with Crippen molar-refractivity contribution in [1.82, 2.24) is 10.0 Å². The minimum absolute atomic E-state index is 0.0716. The summed E-state index contributed by atoms with van der Waals surface area (Å²) in [5, 5.41) is 4.85. The zero-order chi connectivity index (χ0) is 14.0. The molecule has 0 amide bonds. The zero-order valence-electron chi connectivity index (χ0n) is 11.6. The van der Waals surface area contributed by atoms with Crippen LogP contribution in [0.15, 0.2) is 16.3 Å². The number of nitrogens with one attached hydrogen (secondary N) is 2. The summed E-state index contributed by atoms with van der Waals surface area (Å²) in [7, 11) is -1.57. The molecule has 2 rings (SSSR count). The lowest BCUT2D eigenvalue weighted by molar-refractivity contribution is 0.402. The van der Waals surface area contributed by atoms with E-state index in [1.54, 1.807) is 6.07 Å². The largest absolute Gasteiger partial charge is 0.315 e. The van der Waals surface area contributed by atoms with Crippen molar-refractivity contribution >= 4 is 21.4 Å². The fourth-order valence-electron chi connectivity index (χ4n) is 2.65. The van der Waals surface area contributed by atoms with Crippen LogP contribution < -0.4 is 10.0 Å². The summed E-state index contributed by atoms with van der Waals surface area (Å²) >= 11 is 1.48. The third-order valence-electron chi connectivity index (χ3n) is 4.10. The molecule has 0 saturated heterocycles. The van der Waals surface area contributed by atoms with E-state index in [-0.39, 0.29) is 6.04 Å². The van der Waals surface area contributed by atoms with Gasteiger partial charge in [-0.1, -0.05) is 13.8 Å². The van der Waals surface area contributed by atoms with E-state index in [1.807, 2.05) is 12.4 Å². The summed E-state index contributed by atoms with van der Waals surface area (Å²) in [5.74, 6) is 0.994. The summed E-state index contributed by atoms with van der Waals surface area (Å²) in [6.07, 6.45) is 2.04. The van der Waals surface area contributed by atoms with Crippen LogP contribution in [0.5, 0.6) is 0 Å². The SMILES string of the molecule is CNCc1sccc1S(=O)(=O)NC1CCC(C)C1C. The van der Waals surface area contributed by atoms with E-state index >= 15 is 0 Å². The molecule has 108 valence electrons. The van der Waals surface area contributed by atoms with Crippen molar-refractivity contribution < 1.29 is 8.42 Å². The third-order valence-corrected chi connectivity index (χ3v) is 6.73. The highest BCUT2D eigenvalue weighted by Crippen LogP contribution is 2.32. The fourth-order valence-corrected chi connectivity index (χ4v) is 5.47. The van der Waals surface area contributed by atoms with Crippen LogP contribution in [0.3, 0.4) is 0 Å². The first-order valence-corrected chi connectivity index (χ1v) is 9.05. The predicted molar refractivity (Wildman–Crippen MR) is 78.8 cm³/mol. The molecule has 0 bridgehead atoms. The minimum atomic E-state index is -3.39. The summed E-state index contributed by atoms with van der Waals surface area (Å²) in [4.78, 5) is 1.30. The van der Waals surface area contributed by atoms with Gasteiger partial charge in [0, 0.05) is 17.5 Å². The Morgan fingerprint density at radius 2 is 2.11 bits per heavy atom. The molecule has 4 nitrogen and oxygen atoms in total. The van der Waals surface area contributed by atoms with Crippen LogP contribution in [0, 0.1) is 11.8 Å². The lowest BCUT2D eigenvalue weighted by Crippen LogP contribution is -2.37. The third kappa shape index (κ3) is 3.18. The van der Waals surface area contributed by atoms with Crippen LogP contribution in [0.4, 0.5) is 0 Å². The first-order chi connectivity index (χ1) is 8.95. The van der Waals surface area contributed by atoms with Gasteiger partial charge in [0.2, 0.25) is 10.0 Å². The minimum Gasteiger partial charge on any atom is -0.315 e. The quantitative estimate of drug-likeness (QED) is 0.876. The van der Waals surface area contributed by atoms with Crippen LogP contribution in [0.1, 0.15) is 31.6 Å². The average Bonchev–Trinajstić information content (AvgIpc) is 2.92. The highest BCUT2D eigenvalue weighted by atomic mass is 32.2. The Balaban J connectivity index is 2.16. The molecule has 0 aliphatic heterocycles. The predicted octanol–water partition coefficient (Wildman–Crippen LogP) is 2.18. The number of sulfonamides is 1. The van der Waals surface area contributed by atoms with Gasteiger partial charge in [0.25, 0.3) is 0 Å². The van der Waals surface area contributed by atoms with Crippen LogP contribution >= 0.6 is 11.3 Å². The lowest BCUT2D eigenvalue weighted by atomic mass is 9.98. The molecule has 0 spiro atoms. The van der Waals surface area contributed by atoms with E-state index in [9.17, 15) is 8.42 Å². The Hall–Kier alpha value is -0.430. The van der Waals surface area contributed by atoms with Crippen molar-refractivity contribution in [2.45, 2.75) is 44.2 Å². The van der Waals surface area contributed by atoms with Crippen molar-refractivity contribution in [3.63, 3.8) is 0 Å². The van der Waals surface area contributed by atoms with Crippen LogP contribution in [0.25, 0.3) is 0 Å². The first-order valence-electron chi connectivity index (χ1n) is 6.69. The van der Waals surface area contributed by atoms with E-state index in [0.29, 0.717) is 23.3 Å². The number of hydrogen-bond donors (Lipinski definition) is 2. The second kappa shape index (κ2) is 5.91.